The van der Waals surface area contributed by atoms with Gasteiger partial charge in [0.15, 0.2) is 0 Å². The quantitative estimate of drug-likeness (QED) is 0.777. The highest BCUT2D eigenvalue weighted by Gasteiger charge is 2.13. The van der Waals surface area contributed by atoms with Crippen molar-refractivity contribution in [3.05, 3.63) is 70.4 Å². The molecule has 0 spiro atoms. The van der Waals surface area contributed by atoms with Gasteiger partial charge < -0.3 is 5.32 Å². The summed E-state index contributed by atoms with van der Waals surface area (Å²) >= 11 is 0. The Morgan fingerprint density at radius 3 is 2.50 bits per heavy atom. The van der Waals surface area contributed by atoms with Crippen molar-refractivity contribution in [3.63, 3.8) is 0 Å². The number of carbonyl (C=O) groups is 1. The summed E-state index contributed by atoms with van der Waals surface area (Å²) in [5, 5.41) is 2.73. The molecule has 1 amide bonds. The third-order valence-electron chi connectivity index (χ3n) is 4.03. The summed E-state index contributed by atoms with van der Waals surface area (Å²) in [6, 6.07) is 13.8. The maximum atomic E-state index is 13.5. The number of hydrogen-bond acceptors (Lipinski definition) is 2. The Hall–Kier alpha value is -2.89. The smallest absolute Gasteiger partial charge is 0.329 e. The molecule has 124 valence electrons. The molecule has 0 bridgehead atoms. The molecule has 0 aliphatic rings. The number of nitrogens with zero attached hydrogens (tertiary/aromatic N) is 2. The number of amides is 1. The summed E-state index contributed by atoms with van der Waals surface area (Å²) < 4.78 is 16.5. The Kier molecular flexibility index (Phi) is 4.46. The van der Waals surface area contributed by atoms with E-state index >= 15 is 0 Å². The lowest BCUT2D eigenvalue weighted by molar-refractivity contribution is -0.121. The van der Waals surface area contributed by atoms with Crippen LogP contribution in [0.15, 0.2) is 53.3 Å². The number of nitrogens with one attached hydrogen (secondary N) is 1. The second kappa shape index (κ2) is 6.70. The van der Waals surface area contributed by atoms with Crippen LogP contribution < -0.4 is 11.0 Å². The summed E-state index contributed by atoms with van der Waals surface area (Å²) in [6.45, 7) is 0.261. The number of para-hydroxylation sites is 2. The van der Waals surface area contributed by atoms with Crippen LogP contribution in [-0.4, -0.2) is 21.6 Å². The summed E-state index contributed by atoms with van der Waals surface area (Å²) in [5.41, 5.74) is 1.82. The molecule has 5 nitrogen and oxygen atoms in total. The average molecular weight is 327 g/mol. The maximum absolute atomic E-state index is 13.5. The Bertz CT molecular complexity index is 943. The number of rotatable bonds is 5. The third kappa shape index (κ3) is 3.08. The van der Waals surface area contributed by atoms with Crippen molar-refractivity contribution >= 4 is 16.9 Å². The van der Waals surface area contributed by atoms with Crippen molar-refractivity contribution in [2.75, 3.05) is 6.54 Å². The predicted octanol–water partition coefficient (Wildman–Crippen LogP) is 1.84. The normalized spacial score (nSPS) is 10.9. The fraction of sp³-hybridized carbons (Fsp3) is 0.222. The fourth-order valence-electron chi connectivity index (χ4n) is 2.75. The van der Waals surface area contributed by atoms with Crippen LogP contribution in [0.2, 0.25) is 0 Å². The van der Waals surface area contributed by atoms with Gasteiger partial charge in [-0.1, -0.05) is 30.3 Å². The zero-order valence-corrected chi connectivity index (χ0v) is 13.3. The number of halogens is 1. The van der Waals surface area contributed by atoms with E-state index in [1.165, 1.54) is 15.2 Å². The van der Waals surface area contributed by atoms with Crippen molar-refractivity contribution in [2.24, 2.45) is 7.05 Å². The number of fused-ring (bicyclic) bond motifs is 1. The maximum Gasteiger partial charge on any atom is 0.329 e. The Morgan fingerprint density at radius 2 is 1.75 bits per heavy atom. The molecule has 1 aromatic heterocycles. The van der Waals surface area contributed by atoms with Crippen molar-refractivity contribution in [1.29, 1.82) is 0 Å². The summed E-state index contributed by atoms with van der Waals surface area (Å²) in [4.78, 5) is 24.4. The molecule has 2 aromatic carbocycles. The van der Waals surface area contributed by atoms with Gasteiger partial charge in [-0.05, 0) is 30.2 Å². The average Bonchev–Trinajstić information content (AvgIpc) is 2.82. The molecule has 0 radical (unpaired) electrons. The molecule has 3 aromatic rings. The largest absolute Gasteiger partial charge is 0.354 e. The highest BCUT2D eigenvalue weighted by Crippen LogP contribution is 2.11. The van der Waals surface area contributed by atoms with E-state index in [9.17, 15) is 14.0 Å². The van der Waals surface area contributed by atoms with Gasteiger partial charge in [-0.15, -0.1) is 0 Å². The van der Waals surface area contributed by atoms with Gasteiger partial charge in [0.05, 0.1) is 11.0 Å². The van der Waals surface area contributed by atoms with E-state index in [1.807, 2.05) is 24.3 Å². The van der Waals surface area contributed by atoms with Crippen LogP contribution in [0, 0.1) is 5.82 Å². The van der Waals surface area contributed by atoms with E-state index in [0.29, 0.717) is 24.0 Å². The molecule has 6 heteroatoms. The molecule has 1 heterocycles. The van der Waals surface area contributed by atoms with E-state index in [1.54, 1.807) is 25.2 Å². The Morgan fingerprint density at radius 1 is 1.08 bits per heavy atom. The number of aryl methyl sites for hydroxylation is 1. The third-order valence-corrected chi connectivity index (χ3v) is 4.03. The molecular formula is C18H18FN3O2. The van der Waals surface area contributed by atoms with Crippen LogP contribution in [-0.2, 0) is 24.8 Å². The van der Waals surface area contributed by atoms with Gasteiger partial charge in [0, 0.05) is 13.6 Å². The minimum Gasteiger partial charge on any atom is -0.354 e. The Labute approximate surface area is 138 Å². The first-order chi connectivity index (χ1) is 11.6. The number of aromatic nitrogens is 2. The van der Waals surface area contributed by atoms with E-state index < -0.39 is 0 Å². The number of benzene rings is 2. The summed E-state index contributed by atoms with van der Waals surface area (Å²) in [7, 11) is 1.68. The van der Waals surface area contributed by atoms with E-state index in [4.69, 9.17) is 0 Å². The first-order valence-electron chi connectivity index (χ1n) is 7.72. The van der Waals surface area contributed by atoms with Gasteiger partial charge >= 0.3 is 5.69 Å². The van der Waals surface area contributed by atoms with Crippen LogP contribution in [0.5, 0.6) is 0 Å². The zero-order valence-electron chi connectivity index (χ0n) is 13.3. The minimum atomic E-state index is -0.281. The van der Waals surface area contributed by atoms with Crippen LogP contribution >= 0.6 is 0 Å². The van der Waals surface area contributed by atoms with Crippen molar-refractivity contribution in [2.45, 2.75) is 13.0 Å². The predicted molar refractivity (Wildman–Crippen MR) is 90.3 cm³/mol. The van der Waals surface area contributed by atoms with Crippen LogP contribution in [0.1, 0.15) is 5.56 Å². The molecule has 0 saturated heterocycles. The molecule has 0 atom stereocenters. The van der Waals surface area contributed by atoms with Crippen molar-refractivity contribution in [1.82, 2.24) is 14.5 Å². The standard InChI is InChI=1S/C18H18FN3O2/c1-21-15-8-4-5-9-16(15)22(18(21)24)12-17(23)20-11-10-13-6-2-3-7-14(13)19/h2-9H,10-12H2,1H3,(H,20,23). The van der Waals surface area contributed by atoms with Gasteiger partial charge in [-0.3, -0.25) is 13.9 Å². The van der Waals surface area contributed by atoms with Gasteiger partial charge in [0.1, 0.15) is 12.4 Å². The molecular weight excluding hydrogens is 309 g/mol. The molecule has 0 saturated carbocycles. The molecule has 24 heavy (non-hydrogen) atoms. The minimum absolute atomic E-state index is 0.0581. The topological polar surface area (TPSA) is 56.0 Å². The second-order valence-electron chi connectivity index (χ2n) is 5.61. The first-order valence-corrected chi connectivity index (χ1v) is 7.72. The van der Waals surface area contributed by atoms with E-state index in [-0.39, 0.29) is 24.0 Å². The number of hydrogen-bond donors (Lipinski definition) is 1. The summed E-state index contributed by atoms with van der Waals surface area (Å²) in [5.74, 6) is -0.554. The lowest BCUT2D eigenvalue weighted by Gasteiger charge is -2.07. The van der Waals surface area contributed by atoms with Crippen molar-refractivity contribution < 1.29 is 9.18 Å². The lowest BCUT2D eigenvalue weighted by atomic mass is 10.1. The van der Waals surface area contributed by atoms with Gasteiger partial charge in [0.25, 0.3) is 0 Å². The monoisotopic (exact) mass is 327 g/mol. The second-order valence-corrected chi connectivity index (χ2v) is 5.61. The highest BCUT2D eigenvalue weighted by atomic mass is 19.1. The molecule has 3 rings (SSSR count). The van der Waals surface area contributed by atoms with Gasteiger partial charge in [0.2, 0.25) is 5.91 Å². The molecule has 1 N–H and O–H groups in total. The molecule has 0 unspecified atom stereocenters. The first kappa shape index (κ1) is 16.0. The van der Waals surface area contributed by atoms with Crippen LogP contribution in [0.25, 0.3) is 11.0 Å². The fourth-order valence-corrected chi connectivity index (χ4v) is 2.75. The summed E-state index contributed by atoms with van der Waals surface area (Å²) in [6.07, 6.45) is 0.406. The van der Waals surface area contributed by atoms with Gasteiger partial charge in [-0.25, -0.2) is 9.18 Å². The van der Waals surface area contributed by atoms with E-state index in [0.717, 1.165) is 5.52 Å². The van der Waals surface area contributed by atoms with Crippen LogP contribution in [0.3, 0.4) is 0 Å². The molecule has 0 aliphatic heterocycles. The van der Waals surface area contributed by atoms with Gasteiger partial charge in [-0.2, -0.15) is 0 Å². The molecule has 0 fully saturated rings. The molecule has 0 aliphatic carbocycles. The van der Waals surface area contributed by atoms with Crippen molar-refractivity contribution in [3.8, 4) is 0 Å². The Balaban J connectivity index is 1.67. The zero-order chi connectivity index (χ0) is 17.1. The SMILES string of the molecule is Cn1c(=O)n(CC(=O)NCCc2ccccc2F)c2ccccc21. The highest BCUT2D eigenvalue weighted by molar-refractivity contribution is 5.80. The van der Waals surface area contributed by atoms with E-state index in [2.05, 4.69) is 5.32 Å². The number of carbonyl (C=O) groups excluding carboxylic acids is 1. The number of imidazole rings is 1. The van der Waals surface area contributed by atoms with Crippen LogP contribution in [0.4, 0.5) is 4.39 Å². The lowest BCUT2D eigenvalue weighted by Crippen LogP contribution is -2.33.